The van der Waals surface area contributed by atoms with Crippen LogP contribution in [0.3, 0.4) is 0 Å². The first kappa shape index (κ1) is 11.3. The van der Waals surface area contributed by atoms with E-state index in [1.807, 2.05) is 0 Å². The smallest absolute Gasteiger partial charge is 0.0622 e. The van der Waals surface area contributed by atoms with Crippen LogP contribution in [0.15, 0.2) is 60.7 Å². The van der Waals surface area contributed by atoms with E-state index in [0.717, 1.165) is 6.42 Å². The van der Waals surface area contributed by atoms with Crippen LogP contribution in [-0.4, -0.2) is 23.1 Å². The van der Waals surface area contributed by atoms with Crippen molar-refractivity contribution in [3.63, 3.8) is 0 Å². The van der Waals surface area contributed by atoms with Gasteiger partial charge in [-0.2, -0.15) is 0 Å². The standard InChI is InChI=1S/C13H12.Mg.2H/c1-3-7-12(8-4-1)11-13-9-5-2-6-10-13;;;/h1-10H,11H2;;;. The maximum Gasteiger partial charge on any atom is 0.316 e. The molecule has 0 aliphatic carbocycles. The monoisotopic (exact) mass is 194 g/mol. The first-order valence-corrected chi connectivity index (χ1v) is 4.53. The predicted octanol–water partition coefficient (Wildman–Crippen LogP) is 2.36. The summed E-state index contributed by atoms with van der Waals surface area (Å²) in [6.07, 6.45) is 1.03. The van der Waals surface area contributed by atoms with E-state index in [2.05, 4.69) is 60.7 Å². The van der Waals surface area contributed by atoms with E-state index in [4.69, 9.17) is 0 Å². The Balaban J connectivity index is 0.000000980. The van der Waals surface area contributed by atoms with Crippen molar-refractivity contribution in [3.05, 3.63) is 71.8 Å². The summed E-state index contributed by atoms with van der Waals surface area (Å²) in [5, 5.41) is 0. The molecular weight excluding hydrogens is 180 g/mol. The van der Waals surface area contributed by atoms with Gasteiger partial charge in [-0.1, -0.05) is 60.7 Å². The SMILES string of the molecule is [MgH2].c1ccc(Cc2ccccc2)cc1. The van der Waals surface area contributed by atoms with Gasteiger partial charge in [0, 0.05) is 0 Å². The second kappa shape index (κ2) is 5.84. The predicted molar refractivity (Wildman–Crippen MR) is 64.2 cm³/mol. The van der Waals surface area contributed by atoms with Crippen molar-refractivity contribution in [2.75, 3.05) is 0 Å². The summed E-state index contributed by atoms with van der Waals surface area (Å²) >= 11 is 0. The second-order valence-corrected chi connectivity index (χ2v) is 3.15. The largest absolute Gasteiger partial charge is 0.316 e. The van der Waals surface area contributed by atoms with Gasteiger partial charge in [0.1, 0.15) is 0 Å². The highest BCUT2D eigenvalue weighted by Gasteiger charge is 1.92. The van der Waals surface area contributed by atoms with Gasteiger partial charge in [0.25, 0.3) is 0 Å². The van der Waals surface area contributed by atoms with Crippen molar-refractivity contribution < 1.29 is 0 Å². The molecule has 14 heavy (non-hydrogen) atoms. The lowest BCUT2D eigenvalue weighted by molar-refractivity contribution is 1.19. The molecule has 0 radical (unpaired) electrons. The minimum atomic E-state index is 0. The number of benzene rings is 2. The summed E-state index contributed by atoms with van der Waals surface area (Å²) < 4.78 is 0. The third-order valence-corrected chi connectivity index (χ3v) is 2.09. The van der Waals surface area contributed by atoms with Gasteiger partial charge in [0.05, 0.1) is 0 Å². The molecule has 0 aliphatic rings. The van der Waals surface area contributed by atoms with Crippen molar-refractivity contribution in [2.45, 2.75) is 6.42 Å². The second-order valence-electron chi connectivity index (χ2n) is 3.15. The Morgan fingerprint density at radius 2 is 0.929 bits per heavy atom. The highest BCUT2D eigenvalue weighted by atomic mass is 24.3. The summed E-state index contributed by atoms with van der Waals surface area (Å²) in [5.74, 6) is 0. The summed E-state index contributed by atoms with van der Waals surface area (Å²) in [5.41, 5.74) is 2.74. The molecule has 0 unspecified atom stereocenters. The van der Waals surface area contributed by atoms with Crippen LogP contribution in [0.25, 0.3) is 0 Å². The molecule has 0 nitrogen and oxygen atoms in total. The van der Waals surface area contributed by atoms with Gasteiger partial charge in [0.2, 0.25) is 0 Å². The Morgan fingerprint density at radius 3 is 1.29 bits per heavy atom. The quantitative estimate of drug-likeness (QED) is 0.644. The molecule has 0 amide bonds. The van der Waals surface area contributed by atoms with Crippen molar-refractivity contribution in [3.8, 4) is 0 Å². The summed E-state index contributed by atoms with van der Waals surface area (Å²) in [6, 6.07) is 21.1. The molecule has 0 aromatic heterocycles. The Labute approximate surface area is 101 Å². The fourth-order valence-electron chi connectivity index (χ4n) is 1.43. The van der Waals surface area contributed by atoms with Crippen molar-refractivity contribution >= 4 is 23.1 Å². The van der Waals surface area contributed by atoms with Crippen LogP contribution in [0.5, 0.6) is 0 Å². The van der Waals surface area contributed by atoms with Crippen molar-refractivity contribution in [2.24, 2.45) is 0 Å². The lowest BCUT2D eigenvalue weighted by Gasteiger charge is -2.00. The van der Waals surface area contributed by atoms with Crippen LogP contribution >= 0.6 is 0 Å². The average molecular weight is 195 g/mol. The number of hydrogen-bond acceptors (Lipinski definition) is 0. The fraction of sp³-hybridized carbons (Fsp3) is 0.0769. The first-order chi connectivity index (χ1) is 6.45. The molecule has 0 fully saturated rings. The first-order valence-electron chi connectivity index (χ1n) is 4.53. The van der Waals surface area contributed by atoms with Gasteiger partial charge in [-0.05, 0) is 17.5 Å². The van der Waals surface area contributed by atoms with Crippen molar-refractivity contribution in [1.82, 2.24) is 0 Å². The molecule has 0 saturated heterocycles. The van der Waals surface area contributed by atoms with Crippen molar-refractivity contribution in [1.29, 1.82) is 0 Å². The zero-order valence-corrected chi connectivity index (χ0v) is 7.48. The van der Waals surface area contributed by atoms with Crippen LogP contribution in [-0.2, 0) is 6.42 Å². The number of hydrogen-bond donors (Lipinski definition) is 0. The molecule has 0 atom stereocenters. The highest BCUT2D eigenvalue weighted by Crippen LogP contribution is 2.07. The maximum atomic E-state index is 2.16. The van der Waals surface area contributed by atoms with E-state index in [-0.39, 0.29) is 23.1 Å². The van der Waals surface area contributed by atoms with Gasteiger partial charge < -0.3 is 0 Å². The van der Waals surface area contributed by atoms with E-state index >= 15 is 0 Å². The molecule has 1 heteroatoms. The van der Waals surface area contributed by atoms with E-state index < -0.39 is 0 Å². The fourth-order valence-corrected chi connectivity index (χ4v) is 1.43. The zero-order chi connectivity index (χ0) is 8.93. The minimum absolute atomic E-state index is 0. The van der Waals surface area contributed by atoms with Crippen LogP contribution < -0.4 is 0 Å². The molecule has 0 spiro atoms. The molecule has 0 saturated carbocycles. The average Bonchev–Trinajstić information content (AvgIpc) is 2.21. The molecular formula is C13H14Mg. The van der Waals surface area contributed by atoms with E-state index in [0.29, 0.717) is 0 Å². The van der Waals surface area contributed by atoms with Gasteiger partial charge in [-0.3, -0.25) is 0 Å². The van der Waals surface area contributed by atoms with E-state index in [1.54, 1.807) is 0 Å². The molecule has 0 bridgehead atoms. The summed E-state index contributed by atoms with van der Waals surface area (Å²) in [4.78, 5) is 0. The lowest BCUT2D eigenvalue weighted by Crippen LogP contribution is -1.85. The summed E-state index contributed by atoms with van der Waals surface area (Å²) in [7, 11) is 0. The van der Waals surface area contributed by atoms with Crippen LogP contribution in [0.2, 0.25) is 0 Å². The lowest BCUT2D eigenvalue weighted by atomic mass is 10.1. The maximum absolute atomic E-state index is 2.16. The Morgan fingerprint density at radius 1 is 0.571 bits per heavy atom. The van der Waals surface area contributed by atoms with E-state index in [1.165, 1.54) is 11.1 Å². The third kappa shape index (κ3) is 3.16. The Bertz CT molecular complexity index is 316. The van der Waals surface area contributed by atoms with Crippen LogP contribution in [0, 0.1) is 0 Å². The minimum Gasteiger partial charge on any atom is -0.0622 e. The molecule has 68 valence electrons. The molecule has 2 rings (SSSR count). The third-order valence-electron chi connectivity index (χ3n) is 2.09. The van der Waals surface area contributed by atoms with Gasteiger partial charge in [-0.25, -0.2) is 0 Å². The molecule has 0 heterocycles. The zero-order valence-electron chi connectivity index (χ0n) is 7.48. The topological polar surface area (TPSA) is 0 Å². The summed E-state index contributed by atoms with van der Waals surface area (Å²) in [6.45, 7) is 0. The molecule has 0 aliphatic heterocycles. The molecule has 0 N–H and O–H groups in total. The molecule has 2 aromatic carbocycles. The van der Waals surface area contributed by atoms with E-state index in [9.17, 15) is 0 Å². The van der Waals surface area contributed by atoms with Crippen LogP contribution in [0.4, 0.5) is 0 Å². The Hall–Kier alpha value is -0.794. The highest BCUT2D eigenvalue weighted by molar-refractivity contribution is 5.75. The normalized spacial score (nSPS) is 9.14. The Kier molecular flexibility index (Phi) is 4.70. The van der Waals surface area contributed by atoms with Gasteiger partial charge in [-0.15, -0.1) is 0 Å². The van der Waals surface area contributed by atoms with Gasteiger partial charge in [0.15, 0.2) is 0 Å². The number of rotatable bonds is 2. The molecule has 2 aromatic rings. The van der Waals surface area contributed by atoms with Crippen LogP contribution in [0.1, 0.15) is 11.1 Å². The van der Waals surface area contributed by atoms with Gasteiger partial charge >= 0.3 is 23.1 Å².